The predicted molar refractivity (Wildman–Crippen MR) is 78.0 cm³/mol. The van der Waals surface area contributed by atoms with E-state index in [2.05, 4.69) is 36.3 Å². The van der Waals surface area contributed by atoms with Gasteiger partial charge in [0.05, 0.1) is 19.6 Å². The molecule has 0 radical (unpaired) electrons. The van der Waals surface area contributed by atoms with Gasteiger partial charge in [-0.2, -0.15) is 15.0 Å². The van der Waals surface area contributed by atoms with Gasteiger partial charge in [0.25, 0.3) is 0 Å². The van der Waals surface area contributed by atoms with Gasteiger partial charge in [0.2, 0.25) is 11.9 Å². The first kappa shape index (κ1) is 13.7. The Morgan fingerprint density at radius 1 is 1.24 bits per heavy atom. The summed E-state index contributed by atoms with van der Waals surface area (Å²) in [7, 11) is 0. The van der Waals surface area contributed by atoms with Crippen LogP contribution in [-0.4, -0.2) is 50.8 Å². The van der Waals surface area contributed by atoms with Gasteiger partial charge in [-0.1, -0.05) is 0 Å². The van der Waals surface area contributed by atoms with E-state index < -0.39 is 0 Å². The molecule has 0 bridgehead atoms. The molecule has 0 spiro atoms. The summed E-state index contributed by atoms with van der Waals surface area (Å²) in [5.41, 5.74) is 5.82. The summed E-state index contributed by atoms with van der Waals surface area (Å²) in [6.45, 7) is 5.85. The second kappa shape index (κ2) is 6.04. The maximum atomic E-state index is 5.82. The van der Waals surface area contributed by atoms with Crippen molar-refractivity contribution in [1.29, 1.82) is 0 Å². The average molecular weight is 289 g/mol. The molecule has 3 heterocycles. The smallest absolute Gasteiger partial charge is 0.230 e. The molecule has 0 amide bonds. The van der Waals surface area contributed by atoms with Gasteiger partial charge in [-0.3, -0.25) is 0 Å². The van der Waals surface area contributed by atoms with E-state index in [0.717, 1.165) is 25.5 Å². The SMILES string of the molecule is CCn1ccnc1Cc1nc(N)nc(N2CCOCC2)n1. The van der Waals surface area contributed by atoms with Crippen molar-refractivity contribution in [3.05, 3.63) is 24.0 Å². The summed E-state index contributed by atoms with van der Waals surface area (Å²) in [6, 6.07) is 0. The molecule has 2 N–H and O–H groups in total. The van der Waals surface area contributed by atoms with Gasteiger partial charge < -0.3 is 19.9 Å². The van der Waals surface area contributed by atoms with E-state index in [9.17, 15) is 0 Å². The van der Waals surface area contributed by atoms with E-state index >= 15 is 0 Å². The lowest BCUT2D eigenvalue weighted by atomic mass is 10.3. The number of rotatable bonds is 4. The quantitative estimate of drug-likeness (QED) is 0.852. The van der Waals surface area contributed by atoms with Crippen LogP contribution in [0.25, 0.3) is 0 Å². The first-order valence-corrected chi connectivity index (χ1v) is 7.09. The van der Waals surface area contributed by atoms with Crippen molar-refractivity contribution in [2.45, 2.75) is 19.9 Å². The Morgan fingerprint density at radius 2 is 2.05 bits per heavy atom. The third kappa shape index (κ3) is 3.10. The molecule has 1 aliphatic rings. The van der Waals surface area contributed by atoms with E-state index in [0.29, 0.717) is 31.4 Å². The lowest BCUT2D eigenvalue weighted by molar-refractivity contribution is 0.122. The number of nitrogen functional groups attached to an aromatic ring is 1. The van der Waals surface area contributed by atoms with E-state index in [1.807, 2.05) is 6.20 Å². The molecular weight excluding hydrogens is 270 g/mol. The summed E-state index contributed by atoms with van der Waals surface area (Å²) in [4.78, 5) is 19.4. The Labute approximate surface area is 123 Å². The van der Waals surface area contributed by atoms with Crippen molar-refractivity contribution < 1.29 is 4.74 Å². The molecule has 3 rings (SSSR count). The van der Waals surface area contributed by atoms with Crippen molar-refractivity contribution in [3.63, 3.8) is 0 Å². The van der Waals surface area contributed by atoms with E-state index in [1.165, 1.54) is 0 Å². The molecule has 2 aromatic rings. The number of anilines is 2. The fraction of sp³-hybridized carbons (Fsp3) is 0.538. The predicted octanol–water partition coefficient (Wildman–Crippen LogP) is 0.0976. The minimum atomic E-state index is 0.246. The van der Waals surface area contributed by atoms with Crippen LogP contribution < -0.4 is 10.6 Å². The Bertz CT molecular complexity index is 606. The second-order valence-electron chi connectivity index (χ2n) is 4.82. The zero-order chi connectivity index (χ0) is 14.7. The van der Waals surface area contributed by atoms with Crippen molar-refractivity contribution in [2.75, 3.05) is 36.9 Å². The second-order valence-corrected chi connectivity index (χ2v) is 4.82. The van der Waals surface area contributed by atoms with Crippen LogP contribution >= 0.6 is 0 Å². The standard InChI is InChI=1S/C13H19N7O/c1-2-19-4-3-15-11(19)9-10-16-12(14)18-13(17-10)20-5-7-21-8-6-20/h3-4H,2,5-9H2,1H3,(H2,14,16,17,18). The molecule has 0 saturated carbocycles. The Hall–Kier alpha value is -2.22. The monoisotopic (exact) mass is 289 g/mol. The van der Waals surface area contributed by atoms with Crippen molar-refractivity contribution in [2.24, 2.45) is 0 Å². The average Bonchev–Trinajstić information content (AvgIpc) is 2.95. The lowest BCUT2D eigenvalue weighted by Crippen LogP contribution is -2.37. The number of hydrogen-bond acceptors (Lipinski definition) is 7. The highest BCUT2D eigenvalue weighted by Gasteiger charge is 2.16. The number of nitrogens with two attached hydrogens (primary N) is 1. The maximum absolute atomic E-state index is 5.82. The molecule has 1 saturated heterocycles. The summed E-state index contributed by atoms with van der Waals surface area (Å²) in [5, 5.41) is 0. The zero-order valence-corrected chi connectivity index (χ0v) is 12.1. The normalized spacial score (nSPS) is 15.4. The molecule has 21 heavy (non-hydrogen) atoms. The van der Waals surface area contributed by atoms with Crippen LogP contribution in [-0.2, 0) is 17.7 Å². The summed E-state index contributed by atoms with van der Waals surface area (Å²) in [5.74, 6) is 2.44. The number of hydrogen-bond donors (Lipinski definition) is 1. The van der Waals surface area contributed by atoms with Crippen molar-refractivity contribution >= 4 is 11.9 Å². The van der Waals surface area contributed by atoms with Gasteiger partial charge in [-0.25, -0.2) is 4.98 Å². The highest BCUT2D eigenvalue weighted by Crippen LogP contribution is 2.13. The van der Waals surface area contributed by atoms with E-state index in [4.69, 9.17) is 10.5 Å². The van der Waals surface area contributed by atoms with Crippen molar-refractivity contribution in [3.8, 4) is 0 Å². The third-order valence-electron chi connectivity index (χ3n) is 3.44. The molecule has 8 nitrogen and oxygen atoms in total. The molecule has 0 aromatic carbocycles. The third-order valence-corrected chi connectivity index (χ3v) is 3.44. The number of ether oxygens (including phenoxy) is 1. The van der Waals surface area contributed by atoms with Crippen LogP contribution in [0.5, 0.6) is 0 Å². The van der Waals surface area contributed by atoms with Crippen LogP contribution in [0.1, 0.15) is 18.6 Å². The molecular formula is C13H19N7O. The molecule has 0 atom stereocenters. The van der Waals surface area contributed by atoms with Gasteiger partial charge >= 0.3 is 0 Å². The molecule has 1 fully saturated rings. The van der Waals surface area contributed by atoms with Crippen LogP contribution in [0, 0.1) is 0 Å². The Kier molecular flexibility index (Phi) is 3.96. The van der Waals surface area contributed by atoms with Gasteiger partial charge in [-0.05, 0) is 6.92 Å². The Balaban J connectivity index is 1.83. The first-order chi connectivity index (χ1) is 10.3. The molecule has 0 aliphatic carbocycles. The van der Waals surface area contributed by atoms with Gasteiger partial charge in [0.15, 0.2) is 0 Å². The number of imidazole rings is 1. The van der Waals surface area contributed by atoms with Crippen LogP contribution in [0.3, 0.4) is 0 Å². The molecule has 112 valence electrons. The number of nitrogens with zero attached hydrogens (tertiary/aromatic N) is 6. The van der Waals surface area contributed by atoms with Gasteiger partial charge in [-0.15, -0.1) is 0 Å². The molecule has 2 aromatic heterocycles. The number of morpholine rings is 1. The number of aromatic nitrogens is 5. The topological polar surface area (TPSA) is 95.0 Å². The highest BCUT2D eigenvalue weighted by atomic mass is 16.5. The minimum absolute atomic E-state index is 0.246. The Morgan fingerprint density at radius 3 is 2.81 bits per heavy atom. The fourth-order valence-corrected chi connectivity index (χ4v) is 2.35. The maximum Gasteiger partial charge on any atom is 0.230 e. The molecule has 8 heteroatoms. The summed E-state index contributed by atoms with van der Waals surface area (Å²) >= 11 is 0. The van der Waals surface area contributed by atoms with Crippen LogP contribution in [0.15, 0.2) is 12.4 Å². The lowest BCUT2D eigenvalue weighted by Gasteiger charge is -2.26. The molecule has 1 aliphatic heterocycles. The number of aryl methyl sites for hydroxylation is 1. The van der Waals surface area contributed by atoms with Crippen LogP contribution in [0.4, 0.5) is 11.9 Å². The molecule has 0 unspecified atom stereocenters. The fourth-order valence-electron chi connectivity index (χ4n) is 2.35. The van der Waals surface area contributed by atoms with E-state index in [-0.39, 0.29) is 5.95 Å². The summed E-state index contributed by atoms with van der Waals surface area (Å²) < 4.78 is 7.40. The van der Waals surface area contributed by atoms with E-state index in [1.54, 1.807) is 6.20 Å². The van der Waals surface area contributed by atoms with Crippen LogP contribution in [0.2, 0.25) is 0 Å². The van der Waals surface area contributed by atoms with Crippen molar-refractivity contribution in [1.82, 2.24) is 24.5 Å². The highest BCUT2D eigenvalue weighted by molar-refractivity contribution is 5.35. The first-order valence-electron chi connectivity index (χ1n) is 7.09. The largest absolute Gasteiger partial charge is 0.378 e. The zero-order valence-electron chi connectivity index (χ0n) is 12.1. The summed E-state index contributed by atoms with van der Waals surface area (Å²) in [6.07, 6.45) is 4.28. The van der Waals surface area contributed by atoms with Gasteiger partial charge in [0.1, 0.15) is 11.6 Å². The van der Waals surface area contributed by atoms with Gasteiger partial charge in [0, 0.05) is 32.0 Å². The minimum Gasteiger partial charge on any atom is -0.378 e.